The summed E-state index contributed by atoms with van der Waals surface area (Å²) < 4.78 is 5.66. The Morgan fingerprint density at radius 3 is 2.82 bits per heavy atom. The average Bonchev–Trinajstić information content (AvgIpc) is 2.94. The zero-order valence-electron chi connectivity index (χ0n) is 10.5. The van der Waals surface area contributed by atoms with Crippen LogP contribution in [0.1, 0.15) is 32.6 Å². The number of benzene rings is 1. The first-order valence-electron chi connectivity index (χ1n) is 6.85. The molecular formula is C15H21NO. The normalized spacial score (nSPS) is 30.5. The van der Waals surface area contributed by atoms with Gasteiger partial charge >= 0.3 is 0 Å². The van der Waals surface area contributed by atoms with E-state index in [0.717, 1.165) is 24.2 Å². The second-order valence-corrected chi connectivity index (χ2v) is 5.35. The highest BCUT2D eigenvalue weighted by Crippen LogP contribution is 2.46. The largest absolute Gasteiger partial charge is 0.492 e. The maximum absolute atomic E-state index is 5.66. The molecule has 0 aliphatic heterocycles. The van der Waals surface area contributed by atoms with Crippen LogP contribution in [0.25, 0.3) is 0 Å². The van der Waals surface area contributed by atoms with Crippen LogP contribution in [0.15, 0.2) is 24.3 Å². The molecule has 3 atom stereocenters. The molecule has 2 bridgehead atoms. The highest BCUT2D eigenvalue weighted by Gasteiger charge is 2.39. The summed E-state index contributed by atoms with van der Waals surface area (Å²) in [5.74, 6) is 2.88. The Morgan fingerprint density at radius 2 is 2.12 bits per heavy atom. The van der Waals surface area contributed by atoms with Crippen molar-refractivity contribution in [2.24, 2.45) is 11.8 Å². The summed E-state index contributed by atoms with van der Waals surface area (Å²) in [5.41, 5.74) is 1.17. The summed E-state index contributed by atoms with van der Waals surface area (Å²) in [4.78, 5) is 0. The molecule has 3 rings (SSSR count). The molecule has 92 valence electrons. The van der Waals surface area contributed by atoms with Crippen molar-refractivity contribution in [3.8, 4) is 5.75 Å². The van der Waals surface area contributed by atoms with Crippen molar-refractivity contribution in [3.05, 3.63) is 24.3 Å². The molecule has 0 saturated heterocycles. The smallest absolute Gasteiger partial charge is 0.142 e. The van der Waals surface area contributed by atoms with E-state index < -0.39 is 0 Å². The van der Waals surface area contributed by atoms with Crippen LogP contribution in [0.3, 0.4) is 0 Å². The van der Waals surface area contributed by atoms with E-state index in [1.54, 1.807) is 0 Å². The molecule has 0 aromatic heterocycles. The fourth-order valence-corrected chi connectivity index (χ4v) is 3.49. The first-order chi connectivity index (χ1) is 8.36. The van der Waals surface area contributed by atoms with Crippen molar-refractivity contribution >= 4 is 5.69 Å². The summed E-state index contributed by atoms with van der Waals surface area (Å²) in [6.45, 7) is 2.77. The van der Waals surface area contributed by atoms with E-state index in [9.17, 15) is 0 Å². The van der Waals surface area contributed by atoms with E-state index in [0.29, 0.717) is 6.04 Å². The number of nitrogens with one attached hydrogen (secondary N) is 1. The molecule has 0 amide bonds. The third-order valence-electron chi connectivity index (χ3n) is 4.27. The minimum atomic E-state index is 0.676. The van der Waals surface area contributed by atoms with Gasteiger partial charge in [-0.05, 0) is 50.2 Å². The lowest BCUT2D eigenvalue weighted by Crippen LogP contribution is -2.26. The Balaban J connectivity index is 1.72. The molecule has 0 radical (unpaired) electrons. The first-order valence-corrected chi connectivity index (χ1v) is 6.85. The van der Waals surface area contributed by atoms with Crippen molar-refractivity contribution < 1.29 is 4.74 Å². The van der Waals surface area contributed by atoms with Gasteiger partial charge in [0.15, 0.2) is 0 Å². The van der Waals surface area contributed by atoms with E-state index in [4.69, 9.17) is 4.74 Å². The van der Waals surface area contributed by atoms with Gasteiger partial charge in [0.1, 0.15) is 5.75 Å². The van der Waals surface area contributed by atoms with Gasteiger partial charge in [0.05, 0.1) is 12.3 Å². The molecule has 3 unspecified atom stereocenters. The number of para-hydroxylation sites is 2. The fourth-order valence-electron chi connectivity index (χ4n) is 3.49. The molecule has 0 spiro atoms. The second-order valence-electron chi connectivity index (χ2n) is 5.35. The van der Waals surface area contributed by atoms with Crippen LogP contribution >= 0.6 is 0 Å². The molecule has 2 nitrogen and oxygen atoms in total. The second kappa shape index (κ2) is 4.59. The van der Waals surface area contributed by atoms with Crippen molar-refractivity contribution in [2.75, 3.05) is 11.9 Å². The minimum absolute atomic E-state index is 0.676. The molecule has 1 aromatic rings. The van der Waals surface area contributed by atoms with E-state index >= 15 is 0 Å². The van der Waals surface area contributed by atoms with Gasteiger partial charge in [0.2, 0.25) is 0 Å². The van der Waals surface area contributed by atoms with Crippen molar-refractivity contribution in [2.45, 2.75) is 38.6 Å². The van der Waals surface area contributed by atoms with Crippen LogP contribution in [-0.4, -0.2) is 12.6 Å². The highest BCUT2D eigenvalue weighted by molar-refractivity contribution is 5.57. The molecular weight excluding hydrogens is 210 g/mol. The molecule has 2 heteroatoms. The quantitative estimate of drug-likeness (QED) is 0.853. The lowest BCUT2D eigenvalue weighted by atomic mass is 9.95. The van der Waals surface area contributed by atoms with Crippen molar-refractivity contribution in [1.82, 2.24) is 0 Å². The number of hydrogen-bond donors (Lipinski definition) is 1. The zero-order valence-corrected chi connectivity index (χ0v) is 10.5. The summed E-state index contributed by atoms with van der Waals surface area (Å²) in [7, 11) is 0. The van der Waals surface area contributed by atoms with Gasteiger partial charge in [-0.15, -0.1) is 0 Å². The van der Waals surface area contributed by atoms with Crippen LogP contribution < -0.4 is 10.1 Å². The number of ether oxygens (including phenoxy) is 1. The topological polar surface area (TPSA) is 21.3 Å². The average molecular weight is 231 g/mol. The lowest BCUT2D eigenvalue weighted by molar-refractivity contribution is 0.340. The van der Waals surface area contributed by atoms with Gasteiger partial charge < -0.3 is 10.1 Å². The van der Waals surface area contributed by atoms with E-state index in [-0.39, 0.29) is 0 Å². The summed E-state index contributed by atoms with van der Waals surface area (Å²) in [6.07, 6.45) is 5.66. The van der Waals surface area contributed by atoms with Gasteiger partial charge in [0, 0.05) is 6.04 Å². The molecule has 0 heterocycles. The lowest BCUT2D eigenvalue weighted by Gasteiger charge is -2.25. The SMILES string of the molecule is CCOc1ccccc1NC1CC2CCC1C2. The first kappa shape index (κ1) is 10.9. The Hall–Kier alpha value is -1.18. The Labute approximate surface area is 103 Å². The third-order valence-corrected chi connectivity index (χ3v) is 4.27. The zero-order chi connectivity index (χ0) is 11.7. The molecule has 2 fully saturated rings. The van der Waals surface area contributed by atoms with Gasteiger partial charge in [-0.2, -0.15) is 0 Å². The van der Waals surface area contributed by atoms with Gasteiger partial charge in [0.25, 0.3) is 0 Å². The maximum atomic E-state index is 5.66. The number of rotatable bonds is 4. The van der Waals surface area contributed by atoms with E-state index in [1.807, 2.05) is 13.0 Å². The Kier molecular flexibility index (Phi) is 2.96. The fraction of sp³-hybridized carbons (Fsp3) is 0.600. The number of anilines is 1. The van der Waals surface area contributed by atoms with E-state index in [2.05, 4.69) is 23.5 Å². The molecule has 2 aliphatic rings. The number of fused-ring (bicyclic) bond motifs is 2. The van der Waals surface area contributed by atoms with Gasteiger partial charge in [-0.1, -0.05) is 18.6 Å². The summed E-state index contributed by atoms with van der Waals surface area (Å²) in [5, 5.41) is 3.70. The maximum Gasteiger partial charge on any atom is 0.142 e. The predicted octanol–water partition coefficient (Wildman–Crippen LogP) is 3.69. The van der Waals surface area contributed by atoms with E-state index in [1.165, 1.54) is 31.4 Å². The predicted molar refractivity (Wildman–Crippen MR) is 70.5 cm³/mol. The summed E-state index contributed by atoms with van der Waals surface area (Å²) in [6, 6.07) is 8.99. The van der Waals surface area contributed by atoms with Crippen molar-refractivity contribution in [3.63, 3.8) is 0 Å². The molecule has 1 N–H and O–H groups in total. The third kappa shape index (κ3) is 2.13. The Morgan fingerprint density at radius 1 is 1.24 bits per heavy atom. The summed E-state index contributed by atoms with van der Waals surface area (Å²) >= 11 is 0. The molecule has 1 aromatic carbocycles. The standard InChI is InChI=1S/C15H21NO/c1-2-17-15-6-4-3-5-13(15)16-14-10-11-7-8-12(14)9-11/h3-6,11-12,14,16H,2,7-10H2,1H3. The molecule has 17 heavy (non-hydrogen) atoms. The highest BCUT2D eigenvalue weighted by atomic mass is 16.5. The van der Waals surface area contributed by atoms with Crippen LogP contribution in [0.5, 0.6) is 5.75 Å². The minimum Gasteiger partial charge on any atom is -0.492 e. The van der Waals surface area contributed by atoms with Crippen LogP contribution in [0.2, 0.25) is 0 Å². The monoisotopic (exact) mass is 231 g/mol. The van der Waals surface area contributed by atoms with Gasteiger partial charge in [-0.3, -0.25) is 0 Å². The van der Waals surface area contributed by atoms with Crippen molar-refractivity contribution in [1.29, 1.82) is 0 Å². The van der Waals surface area contributed by atoms with Gasteiger partial charge in [-0.25, -0.2) is 0 Å². The van der Waals surface area contributed by atoms with Crippen LogP contribution in [0, 0.1) is 11.8 Å². The molecule has 2 saturated carbocycles. The Bertz CT molecular complexity index is 390. The van der Waals surface area contributed by atoms with Crippen LogP contribution in [0.4, 0.5) is 5.69 Å². The number of hydrogen-bond acceptors (Lipinski definition) is 2. The molecule has 2 aliphatic carbocycles. The van der Waals surface area contributed by atoms with Crippen LogP contribution in [-0.2, 0) is 0 Å².